The summed E-state index contributed by atoms with van der Waals surface area (Å²) >= 11 is 0. The summed E-state index contributed by atoms with van der Waals surface area (Å²) in [4.78, 5) is 25.0. The Balaban J connectivity index is 1.51. The van der Waals surface area contributed by atoms with Crippen LogP contribution in [0.3, 0.4) is 0 Å². The third-order valence-corrected chi connectivity index (χ3v) is 7.31. The van der Waals surface area contributed by atoms with Gasteiger partial charge in [-0.05, 0) is 81.6 Å². The van der Waals surface area contributed by atoms with E-state index in [1.165, 1.54) is 39.2 Å². The third-order valence-electron chi connectivity index (χ3n) is 7.31. The first-order valence-corrected chi connectivity index (χ1v) is 12.2. The lowest BCUT2D eigenvalue weighted by molar-refractivity contribution is -0.0120. The van der Waals surface area contributed by atoms with E-state index < -0.39 is 11.6 Å². The summed E-state index contributed by atoms with van der Waals surface area (Å²) in [6.07, 6.45) is 10.9. The fraction of sp³-hybridized carbons (Fsp3) is 0.720. The van der Waals surface area contributed by atoms with Crippen molar-refractivity contribution in [2.45, 2.75) is 71.4 Å². The maximum Gasteiger partial charge on any atom is 0.407 e. The van der Waals surface area contributed by atoms with Gasteiger partial charge in [0, 0.05) is 12.2 Å². The predicted molar refractivity (Wildman–Crippen MR) is 126 cm³/mol. The number of rotatable bonds is 8. The smallest absolute Gasteiger partial charge is 0.407 e. The largest absolute Gasteiger partial charge is 0.477 e. The van der Waals surface area contributed by atoms with Gasteiger partial charge in [0.15, 0.2) is 0 Å². The standard InChI is InChI=1S/C25H38N4O4/c1-15(2)14-33-23-20(13-26-29(23)7-6-25(3,4)28-24(31)32-5)22(30)27-21-18-9-16-8-17(11-18)12-19(21)10-16/h6-7,13,15-19,21H,8-12,14H2,1-5H3,(H,27,30)(H,28,31)/b7-6+. The Labute approximate surface area is 196 Å². The Morgan fingerprint density at radius 1 is 1.18 bits per heavy atom. The van der Waals surface area contributed by atoms with Crippen molar-refractivity contribution in [3.05, 3.63) is 17.8 Å². The highest BCUT2D eigenvalue weighted by Gasteiger charge is 2.48. The highest BCUT2D eigenvalue weighted by molar-refractivity contribution is 5.96. The van der Waals surface area contributed by atoms with Crippen LogP contribution in [0.25, 0.3) is 6.20 Å². The van der Waals surface area contributed by atoms with Crippen molar-refractivity contribution in [2.75, 3.05) is 13.7 Å². The van der Waals surface area contributed by atoms with Crippen LogP contribution >= 0.6 is 0 Å². The summed E-state index contributed by atoms with van der Waals surface area (Å²) in [7, 11) is 1.33. The molecule has 0 aliphatic heterocycles. The average Bonchev–Trinajstić information content (AvgIpc) is 3.15. The first kappa shape index (κ1) is 23.6. The number of alkyl carbamates (subject to hydrolysis) is 1. The maximum atomic E-state index is 13.4. The van der Waals surface area contributed by atoms with Gasteiger partial charge in [0.05, 0.1) is 25.5 Å². The van der Waals surface area contributed by atoms with Crippen molar-refractivity contribution in [1.82, 2.24) is 20.4 Å². The van der Waals surface area contributed by atoms with E-state index >= 15 is 0 Å². The molecule has 0 aromatic carbocycles. The minimum Gasteiger partial charge on any atom is -0.477 e. The molecule has 4 fully saturated rings. The Morgan fingerprint density at radius 3 is 2.39 bits per heavy atom. The van der Waals surface area contributed by atoms with Crippen LogP contribution in [0.2, 0.25) is 0 Å². The van der Waals surface area contributed by atoms with Crippen LogP contribution in [-0.4, -0.2) is 47.1 Å². The summed E-state index contributed by atoms with van der Waals surface area (Å²) in [5.41, 5.74) is -0.218. The molecule has 1 heterocycles. The van der Waals surface area contributed by atoms with Gasteiger partial charge in [-0.1, -0.05) is 13.8 Å². The monoisotopic (exact) mass is 458 g/mol. The molecule has 0 unspecified atom stereocenters. The molecule has 0 spiro atoms. The second-order valence-corrected chi connectivity index (χ2v) is 11.1. The van der Waals surface area contributed by atoms with Crippen molar-refractivity contribution < 1.29 is 19.1 Å². The SMILES string of the molecule is COC(=O)NC(C)(C)/C=C/n1ncc(C(=O)NC2C3CC4CC(C3)CC2C4)c1OCC(C)C. The van der Waals surface area contributed by atoms with Gasteiger partial charge in [0.2, 0.25) is 5.88 Å². The number of hydrogen-bond donors (Lipinski definition) is 2. The van der Waals surface area contributed by atoms with Gasteiger partial charge in [0.1, 0.15) is 5.56 Å². The van der Waals surface area contributed by atoms with E-state index in [1.807, 2.05) is 13.8 Å². The number of ether oxygens (including phenoxy) is 2. The Bertz CT molecular complexity index is 876. The molecule has 1 aromatic rings. The molecule has 2 N–H and O–H groups in total. The number of nitrogens with one attached hydrogen (secondary N) is 2. The normalized spacial score (nSPS) is 28.4. The molecule has 5 rings (SSSR count). The first-order valence-electron chi connectivity index (χ1n) is 12.2. The predicted octanol–water partition coefficient (Wildman–Crippen LogP) is 4.08. The van der Waals surface area contributed by atoms with Crippen LogP contribution < -0.4 is 15.4 Å². The maximum absolute atomic E-state index is 13.4. The molecule has 4 bridgehead atoms. The zero-order valence-corrected chi connectivity index (χ0v) is 20.5. The molecule has 0 radical (unpaired) electrons. The zero-order valence-electron chi connectivity index (χ0n) is 20.5. The number of aromatic nitrogens is 2. The van der Waals surface area contributed by atoms with Crippen molar-refractivity contribution in [3.8, 4) is 5.88 Å². The summed E-state index contributed by atoms with van der Waals surface area (Å²) in [5, 5.41) is 10.5. The molecule has 0 atom stereocenters. The van der Waals surface area contributed by atoms with E-state index in [4.69, 9.17) is 9.47 Å². The topological polar surface area (TPSA) is 94.5 Å². The molecule has 1 aromatic heterocycles. The minimum absolute atomic E-state index is 0.113. The van der Waals surface area contributed by atoms with E-state index in [0.717, 1.165) is 11.8 Å². The second-order valence-electron chi connectivity index (χ2n) is 11.1. The van der Waals surface area contributed by atoms with Gasteiger partial charge in [-0.25, -0.2) is 9.48 Å². The lowest BCUT2D eigenvalue weighted by Crippen LogP contribution is -2.55. The molecule has 33 heavy (non-hydrogen) atoms. The van der Waals surface area contributed by atoms with E-state index in [1.54, 1.807) is 23.2 Å². The molecule has 4 aliphatic rings. The van der Waals surface area contributed by atoms with Crippen LogP contribution in [0.15, 0.2) is 12.3 Å². The van der Waals surface area contributed by atoms with Crippen molar-refractivity contribution in [1.29, 1.82) is 0 Å². The van der Waals surface area contributed by atoms with Gasteiger partial charge >= 0.3 is 6.09 Å². The molecule has 8 heteroatoms. The minimum atomic E-state index is -0.669. The van der Waals surface area contributed by atoms with Crippen molar-refractivity contribution in [2.24, 2.45) is 29.6 Å². The van der Waals surface area contributed by atoms with Crippen LogP contribution in [-0.2, 0) is 4.74 Å². The van der Waals surface area contributed by atoms with Crippen LogP contribution in [0.4, 0.5) is 4.79 Å². The van der Waals surface area contributed by atoms with Crippen LogP contribution in [0, 0.1) is 29.6 Å². The molecule has 2 amide bonds. The highest BCUT2D eigenvalue weighted by Crippen LogP contribution is 2.53. The first-order chi connectivity index (χ1) is 15.6. The van der Waals surface area contributed by atoms with E-state index in [9.17, 15) is 9.59 Å². The van der Waals surface area contributed by atoms with Gasteiger partial charge in [-0.2, -0.15) is 5.10 Å². The molecule has 182 valence electrons. The molecular weight excluding hydrogens is 420 g/mol. The number of methoxy groups -OCH3 is 1. The van der Waals surface area contributed by atoms with E-state index in [-0.39, 0.29) is 11.9 Å². The Hall–Kier alpha value is -2.51. The number of carbonyl (C=O) groups excluding carboxylic acids is 2. The number of nitrogens with zero attached hydrogens (tertiary/aromatic N) is 2. The van der Waals surface area contributed by atoms with Gasteiger partial charge in [-0.15, -0.1) is 0 Å². The molecule has 0 saturated heterocycles. The van der Waals surface area contributed by atoms with E-state index in [2.05, 4.69) is 29.6 Å². The molecule has 4 saturated carbocycles. The summed E-state index contributed by atoms with van der Waals surface area (Å²) in [6, 6.07) is 0.255. The summed E-state index contributed by atoms with van der Waals surface area (Å²) in [6.45, 7) is 8.29. The molecule has 4 aliphatic carbocycles. The molecule has 8 nitrogen and oxygen atoms in total. The number of hydrogen-bond acceptors (Lipinski definition) is 5. The van der Waals surface area contributed by atoms with Crippen molar-refractivity contribution in [3.63, 3.8) is 0 Å². The van der Waals surface area contributed by atoms with E-state index in [0.29, 0.717) is 35.8 Å². The summed E-state index contributed by atoms with van der Waals surface area (Å²) in [5.74, 6) is 3.54. The zero-order chi connectivity index (χ0) is 23.8. The molecular formula is C25H38N4O4. The quantitative estimate of drug-likeness (QED) is 0.612. The van der Waals surface area contributed by atoms with Crippen LogP contribution in [0.5, 0.6) is 5.88 Å². The second kappa shape index (κ2) is 9.39. The highest BCUT2D eigenvalue weighted by atomic mass is 16.5. The Morgan fingerprint density at radius 2 is 1.82 bits per heavy atom. The third kappa shape index (κ3) is 5.36. The lowest BCUT2D eigenvalue weighted by atomic mass is 9.54. The summed E-state index contributed by atoms with van der Waals surface area (Å²) < 4.78 is 12.3. The van der Waals surface area contributed by atoms with Gasteiger partial charge in [0.25, 0.3) is 5.91 Å². The number of carbonyl (C=O) groups is 2. The Kier molecular flexibility index (Phi) is 6.73. The number of amides is 2. The van der Waals surface area contributed by atoms with Gasteiger partial charge in [-0.3, -0.25) is 4.79 Å². The van der Waals surface area contributed by atoms with Crippen molar-refractivity contribution >= 4 is 18.2 Å². The fourth-order valence-corrected chi connectivity index (χ4v) is 6.01. The average molecular weight is 459 g/mol. The lowest BCUT2D eigenvalue weighted by Gasteiger charge is -2.54. The van der Waals surface area contributed by atoms with Crippen LogP contribution in [0.1, 0.15) is 70.2 Å². The fourth-order valence-electron chi connectivity index (χ4n) is 6.01. The van der Waals surface area contributed by atoms with Gasteiger partial charge < -0.3 is 20.1 Å².